The fraction of sp³-hybridized carbons (Fsp3) is 0.588. The molecule has 0 spiro atoms. The fourth-order valence-corrected chi connectivity index (χ4v) is 2.28. The average molecular weight is 276 g/mol. The number of benzene rings is 1. The van der Waals surface area contributed by atoms with Crippen LogP contribution in [0.15, 0.2) is 24.3 Å². The summed E-state index contributed by atoms with van der Waals surface area (Å²) < 4.78 is 0. The number of amides is 2. The zero-order valence-electron chi connectivity index (χ0n) is 13.4. The second kappa shape index (κ2) is 7.93. The largest absolute Gasteiger partial charge is 0.331 e. The molecule has 1 aromatic rings. The van der Waals surface area contributed by atoms with Crippen LogP contribution in [-0.4, -0.2) is 24.0 Å². The lowest BCUT2D eigenvalue weighted by molar-refractivity contribution is 0.200. The van der Waals surface area contributed by atoms with Crippen molar-refractivity contribution in [3.8, 4) is 0 Å². The number of hydrogen-bond acceptors (Lipinski definition) is 1. The highest BCUT2D eigenvalue weighted by molar-refractivity contribution is 5.74. The molecule has 0 bridgehead atoms. The summed E-state index contributed by atoms with van der Waals surface area (Å²) in [5.41, 5.74) is 2.50. The van der Waals surface area contributed by atoms with Crippen molar-refractivity contribution in [2.24, 2.45) is 5.92 Å². The third kappa shape index (κ3) is 4.87. The van der Waals surface area contributed by atoms with Gasteiger partial charge in [0, 0.05) is 13.1 Å². The van der Waals surface area contributed by atoms with Gasteiger partial charge in [-0.25, -0.2) is 4.79 Å². The van der Waals surface area contributed by atoms with E-state index in [0.29, 0.717) is 5.92 Å². The molecule has 2 amide bonds. The van der Waals surface area contributed by atoms with Gasteiger partial charge in [-0.2, -0.15) is 0 Å². The van der Waals surface area contributed by atoms with Crippen LogP contribution in [0.2, 0.25) is 0 Å². The molecule has 1 N–H and O–H groups in total. The predicted octanol–water partition coefficient (Wildman–Crippen LogP) is 4.00. The van der Waals surface area contributed by atoms with Crippen molar-refractivity contribution in [2.45, 2.75) is 47.1 Å². The first-order chi connectivity index (χ1) is 9.47. The quantitative estimate of drug-likeness (QED) is 0.837. The molecule has 0 aliphatic carbocycles. The maximum atomic E-state index is 12.0. The first kappa shape index (κ1) is 16.5. The highest BCUT2D eigenvalue weighted by atomic mass is 16.2. The van der Waals surface area contributed by atoms with Crippen molar-refractivity contribution in [3.05, 3.63) is 35.4 Å². The van der Waals surface area contributed by atoms with Gasteiger partial charge in [0.2, 0.25) is 0 Å². The minimum Gasteiger partial charge on any atom is -0.331 e. The maximum absolute atomic E-state index is 12.0. The number of carbonyl (C=O) groups is 1. The van der Waals surface area contributed by atoms with Crippen LogP contribution in [0.3, 0.4) is 0 Å². The van der Waals surface area contributed by atoms with E-state index in [0.717, 1.165) is 25.1 Å². The van der Waals surface area contributed by atoms with Gasteiger partial charge >= 0.3 is 6.03 Å². The van der Waals surface area contributed by atoms with E-state index in [1.54, 1.807) is 4.90 Å². The third-order valence-corrected chi connectivity index (χ3v) is 3.51. The van der Waals surface area contributed by atoms with E-state index in [1.807, 2.05) is 20.8 Å². The number of urea groups is 1. The molecule has 1 rings (SSSR count). The second-order valence-electron chi connectivity index (χ2n) is 5.68. The monoisotopic (exact) mass is 276 g/mol. The standard InChI is InChI=1S/C17H28N2O/c1-6-19(7-2)17(20)18-14(5)16-10-8-15(9-11-16)12-13(3)4/h8-11,13-14H,6-7,12H2,1-5H3,(H,18,20). The highest BCUT2D eigenvalue weighted by Gasteiger charge is 2.13. The van der Waals surface area contributed by atoms with Gasteiger partial charge in [-0.15, -0.1) is 0 Å². The van der Waals surface area contributed by atoms with Crippen LogP contribution in [-0.2, 0) is 6.42 Å². The van der Waals surface area contributed by atoms with Crippen molar-refractivity contribution in [2.75, 3.05) is 13.1 Å². The van der Waals surface area contributed by atoms with Gasteiger partial charge in [0.1, 0.15) is 0 Å². The summed E-state index contributed by atoms with van der Waals surface area (Å²) in [6, 6.07) is 8.60. The molecule has 20 heavy (non-hydrogen) atoms. The Morgan fingerprint density at radius 2 is 1.65 bits per heavy atom. The van der Waals surface area contributed by atoms with E-state index in [2.05, 4.69) is 43.4 Å². The van der Waals surface area contributed by atoms with Gasteiger partial charge in [0.15, 0.2) is 0 Å². The minimum absolute atomic E-state index is 0.00811. The Morgan fingerprint density at radius 3 is 2.10 bits per heavy atom. The molecule has 112 valence electrons. The molecule has 0 aliphatic heterocycles. The summed E-state index contributed by atoms with van der Waals surface area (Å²) in [5.74, 6) is 0.667. The van der Waals surface area contributed by atoms with Crippen LogP contribution in [0, 0.1) is 5.92 Å². The summed E-state index contributed by atoms with van der Waals surface area (Å²) in [5, 5.41) is 3.05. The molecule has 1 unspecified atom stereocenters. The summed E-state index contributed by atoms with van der Waals surface area (Å²) >= 11 is 0. The molecule has 0 aromatic heterocycles. The van der Waals surface area contributed by atoms with Crippen LogP contribution in [0.4, 0.5) is 4.79 Å². The summed E-state index contributed by atoms with van der Waals surface area (Å²) in [7, 11) is 0. The lowest BCUT2D eigenvalue weighted by Gasteiger charge is -2.23. The van der Waals surface area contributed by atoms with Gasteiger partial charge < -0.3 is 10.2 Å². The number of carbonyl (C=O) groups excluding carboxylic acids is 1. The molecular weight excluding hydrogens is 248 g/mol. The Bertz CT molecular complexity index is 408. The zero-order chi connectivity index (χ0) is 15.1. The molecule has 0 aliphatic rings. The van der Waals surface area contributed by atoms with Gasteiger partial charge in [-0.05, 0) is 44.2 Å². The normalized spacial score (nSPS) is 12.3. The van der Waals surface area contributed by atoms with E-state index in [1.165, 1.54) is 5.56 Å². The SMILES string of the molecule is CCN(CC)C(=O)NC(C)c1ccc(CC(C)C)cc1. The van der Waals surface area contributed by atoms with Crippen LogP contribution < -0.4 is 5.32 Å². The molecule has 1 atom stereocenters. The summed E-state index contributed by atoms with van der Waals surface area (Å²) in [6.45, 7) is 11.9. The van der Waals surface area contributed by atoms with Crippen LogP contribution in [0.25, 0.3) is 0 Å². The van der Waals surface area contributed by atoms with Crippen molar-refractivity contribution < 1.29 is 4.79 Å². The predicted molar refractivity (Wildman–Crippen MR) is 84.9 cm³/mol. The van der Waals surface area contributed by atoms with Crippen LogP contribution in [0.1, 0.15) is 51.8 Å². The van der Waals surface area contributed by atoms with Crippen molar-refractivity contribution in [1.29, 1.82) is 0 Å². The van der Waals surface area contributed by atoms with Gasteiger partial charge in [0.25, 0.3) is 0 Å². The number of nitrogens with zero attached hydrogens (tertiary/aromatic N) is 1. The van der Waals surface area contributed by atoms with Crippen molar-refractivity contribution in [3.63, 3.8) is 0 Å². The van der Waals surface area contributed by atoms with Gasteiger partial charge in [-0.3, -0.25) is 0 Å². The number of rotatable bonds is 6. The summed E-state index contributed by atoms with van der Waals surface area (Å²) in [6.07, 6.45) is 1.10. The average Bonchev–Trinajstić information content (AvgIpc) is 2.40. The first-order valence-corrected chi connectivity index (χ1v) is 7.62. The van der Waals surface area contributed by atoms with E-state index in [4.69, 9.17) is 0 Å². The summed E-state index contributed by atoms with van der Waals surface area (Å²) in [4.78, 5) is 13.8. The van der Waals surface area contributed by atoms with Crippen LogP contribution >= 0.6 is 0 Å². The fourth-order valence-electron chi connectivity index (χ4n) is 2.28. The Morgan fingerprint density at radius 1 is 1.10 bits per heavy atom. The Hall–Kier alpha value is -1.51. The first-order valence-electron chi connectivity index (χ1n) is 7.62. The molecule has 0 fully saturated rings. The molecule has 0 heterocycles. The lowest BCUT2D eigenvalue weighted by Crippen LogP contribution is -2.40. The molecule has 0 saturated carbocycles. The van der Waals surface area contributed by atoms with Gasteiger partial charge in [-0.1, -0.05) is 38.1 Å². The second-order valence-corrected chi connectivity index (χ2v) is 5.68. The number of hydrogen-bond donors (Lipinski definition) is 1. The molecule has 1 aromatic carbocycles. The van der Waals surface area contributed by atoms with E-state index >= 15 is 0 Å². The third-order valence-electron chi connectivity index (χ3n) is 3.51. The molecular formula is C17H28N2O. The number of nitrogens with one attached hydrogen (secondary N) is 1. The van der Waals surface area contributed by atoms with Crippen molar-refractivity contribution in [1.82, 2.24) is 10.2 Å². The highest BCUT2D eigenvalue weighted by Crippen LogP contribution is 2.15. The molecule has 3 nitrogen and oxygen atoms in total. The van der Waals surface area contributed by atoms with E-state index in [9.17, 15) is 4.79 Å². The van der Waals surface area contributed by atoms with Crippen LogP contribution in [0.5, 0.6) is 0 Å². The maximum Gasteiger partial charge on any atom is 0.317 e. The molecule has 0 radical (unpaired) electrons. The molecule has 0 saturated heterocycles. The van der Waals surface area contributed by atoms with E-state index < -0.39 is 0 Å². The smallest absolute Gasteiger partial charge is 0.317 e. The zero-order valence-corrected chi connectivity index (χ0v) is 13.4. The minimum atomic E-state index is 0.00811. The topological polar surface area (TPSA) is 32.3 Å². The van der Waals surface area contributed by atoms with Crippen molar-refractivity contribution >= 4 is 6.03 Å². The van der Waals surface area contributed by atoms with Gasteiger partial charge in [0.05, 0.1) is 6.04 Å². The Kier molecular flexibility index (Phi) is 6.56. The Balaban J connectivity index is 2.63. The Labute approximate surface area is 123 Å². The van der Waals surface area contributed by atoms with E-state index in [-0.39, 0.29) is 12.1 Å². The molecule has 3 heteroatoms. The lowest BCUT2D eigenvalue weighted by atomic mass is 10.00.